The van der Waals surface area contributed by atoms with Crippen LogP contribution >= 0.6 is 0 Å². The van der Waals surface area contributed by atoms with Gasteiger partial charge in [0.15, 0.2) is 0 Å². The molecule has 0 fully saturated rings. The van der Waals surface area contributed by atoms with Crippen LogP contribution in [0.5, 0.6) is 0 Å². The zero-order chi connectivity index (χ0) is 29.0. The Balaban J connectivity index is 0.000000176. The SMILES string of the molecule is CC(C)[n+]1[c-]n(-c2[c-]c3c4cccc5c6ccccc6n(c3cc2)c45)cc1.Cc1c[c-]c(-c2cc(C)c(C)cn2)cc1.[Ir+3]. The van der Waals surface area contributed by atoms with Gasteiger partial charge in [-0.2, -0.15) is 0 Å². The second-order valence-electron chi connectivity index (χ2n) is 11.4. The fraction of sp³-hybridized carbons (Fsp3) is 0.158. The third kappa shape index (κ3) is 5.03. The average molecular weight is 737 g/mol. The van der Waals surface area contributed by atoms with Crippen molar-refractivity contribution in [2.45, 2.75) is 40.7 Å². The minimum Gasteiger partial charge on any atom is -0.358 e. The summed E-state index contributed by atoms with van der Waals surface area (Å²) in [5, 5.41) is 5.03. The standard InChI is InChI=1S/C24H18N3.C14H14N.Ir/c1-16(2)25-12-13-26(15-25)17-10-11-23-21(14-17)20-8-5-7-19-18-6-3-4-9-22(18)27(23)24(19)20;1-10-4-6-13(7-5-10)14-8-11(2)12(3)9-15-14;/h3-13,16H,1-2H3;4-6,8-9H,1-3H3;/q2*-1;+3. The molecule has 0 saturated heterocycles. The predicted octanol–water partition coefficient (Wildman–Crippen LogP) is 8.57. The van der Waals surface area contributed by atoms with E-state index in [2.05, 4.69) is 146 Å². The van der Waals surface area contributed by atoms with Crippen LogP contribution in [0.1, 0.15) is 36.6 Å². The van der Waals surface area contributed by atoms with E-state index < -0.39 is 0 Å². The summed E-state index contributed by atoms with van der Waals surface area (Å²) in [6, 6.07) is 35.1. The molecule has 0 aliphatic heterocycles. The van der Waals surface area contributed by atoms with E-state index in [1.165, 1.54) is 49.4 Å². The molecule has 5 heteroatoms. The number of hydrogen-bond donors (Lipinski definition) is 0. The van der Waals surface area contributed by atoms with Gasteiger partial charge in [0.1, 0.15) is 0 Å². The van der Waals surface area contributed by atoms with E-state index in [9.17, 15) is 0 Å². The molecule has 0 spiro atoms. The van der Waals surface area contributed by atoms with E-state index in [-0.39, 0.29) is 20.1 Å². The number of benzene rings is 4. The Hall–Kier alpha value is -4.31. The van der Waals surface area contributed by atoms with Crippen molar-refractivity contribution in [2.24, 2.45) is 0 Å². The molecule has 4 aromatic heterocycles. The second-order valence-corrected chi connectivity index (χ2v) is 11.4. The van der Waals surface area contributed by atoms with Crippen LogP contribution in [0.15, 0.2) is 97.5 Å². The summed E-state index contributed by atoms with van der Waals surface area (Å²) < 4.78 is 6.48. The summed E-state index contributed by atoms with van der Waals surface area (Å²) in [5.74, 6) is 0. The molecule has 0 aliphatic carbocycles. The van der Waals surface area contributed by atoms with Crippen LogP contribution in [0.25, 0.3) is 55.0 Å². The van der Waals surface area contributed by atoms with Crippen LogP contribution in [0.3, 0.4) is 0 Å². The first-order valence-electron chi connectivity index (χ1n) is 14.4. The first kappa shape index (κ1) is 28.8. The number of imidazole rings is 1. The maximum atomic E-state index is 4.41. The molecule has 4 aromatic carbocycles. The van der Waals surface area contributed by atoms with Gasteiger partial charge < -0.3 is 18.5 Å². The summed E-state index contributed by atoms with van der Waals surface area (Å²) >= 11 is 0. The molecular weight excluding hydrogens is 705 g/mol. The Morgan fingerprint density at radius 1 is 0.814 bits per heavy atom. The average Bonchev–Trinajstić information content (AvgIpc) is 3.71. The normalized spacial score (nSPS) is 11.4. The molecule has 8 aromatic rings. The van der Waals surface area contributed by atoms with Crippen molar-refractivity contribution in [3.63, 3.8) is 0 Å². The van der Waals surface area contributed by atoms with Gasteiger partial charge in [0.05, 0.1) is 6.04 Å². The third-order valence-electron chi connectivity index (χ3n) is 8.15. The number of hydrogen-bond acceptors (Lipinski definition) is 1. The minimum absolute atomic E-state index is 0. The topological polar surface area (TPSA) is 26.1 Å². The van der Waals surface area contributed by atoms with Crippen molar-refractivity contribution >= 4 is 38.1 Å². The molecule has 4 nitrogen and oxygen atoms in total. The first-order valence-corrected chi connectivity index (χ1v) is 14.4. The van der Waals surface area contributed by atoms with Crippen LogP contribution in [-0.4, -0.2) is 14.0 Å². The number of pyridine rings is 1. The van der Waals surface area contributed by atoms with E-state index in [1.807, 2.05) is 23.0 Å². The Morgan fingerprint density at radius 2 is 1.60 bits per heavy atom. The molecule has 0 N–H and O–H groups in total. The molecule has 8 rings (SSSR count). The third-order valence-corrected chi connectivity index (χ3v) is 8.15. The van der Waals surface area contributed by atoms with Crippen molar-refractivity contribution in [3.05, 3.63) is 133 Å². The molecule has 0 saturated carbocycles. The maximum Gasteiger partial charge on any atom is 3.00 e. The Kier molecular flexibility index (Phi) is 7.64. The van der Waals surface area contributed by atoms with Crippen molar-refractivity contribution < 1.29 is 24.7 Å². The molecule has 0 radical (unpaired) electrons. The molecule has 212 valence electrons. The Morgan fingerprint density at radius 3 is 2.35 bits per heavy atom. The summed E-state index contributed by atoms with van der Waals surface area (Å²) in [5.41, 5.74) is 10.5. The van der Waals surface area contributed by atoms with Gasteiger partial charge in [-0.3, -0.25) is 0 Å². The van der Waals surface area contributed by atoms with Crippen LogP contribution in [-0.2, 0) is 20.1 Å². The number of para-hydroxylation sites is 2. The van der Waals surface area contributed by atoms with E-state index in [4.69, 9.17) is 0 Å². The predicted molar refractivity (Wildman–Crippen MR) is 171 cm³/mol. The zero-order valence-electron chi connectivity index (χ0n) is 24.9. The van der Waals surface area contributed by atoms with E-state index in [0.717, 1.165) is 22.3 Å². The molecule has 0 amide bonds. The van der Waals surface area contributed by atoms with Crippen molar-refractivity contribution in [1.29, 1.82) is 0 Å². The van der Waals surface area contributed by atoms with Crippen molar-refractivity contribution in [3.8, 4) is 16.9 Å². The van der Waals surface area contributed by atoms with E-state index in [1.54, 1.807) is 0 Å². The summed E-state index contributed by atoms with van der Waals surface area (Å²) in [6.07, 6.45) is 9.40. The van der Waals surface area contributed by atoms with Gasteiger partial charge in [0.25, 0.3) is 0 Å². The van der Waals surface area contributed by atoms with Crippen LogP contribution in [0.4, 0.5) is 0 Å². The van der Waals surface area contributed by atoms with Gasteiger partial charge in [-0.1, -0.05) is 60.3 Å². The quantitative estimate of drug-likeness (QED) is 0.132. The summed E-state index contributed by atoms with van der Waals surface area (Å²) in [4.78, 5) is 4.41. The second kappa shape index (κ2) is 11.4. The fourth-order valence-electron chi connectivity index (χ4n) is 5.66. The molecular formula is C38H32IrN4+. The number of aryl methyl sites for hydroxylation is 3. The fourth-order valence-corrected chi connectivity index (χ4v) is 5.66. The first-order chi connectivity index (χ1) is 20.4. The summed E-state index contributed by atoms with van der Waals surface area (Å²) in [6.45, 7) is 10.6. The smallest absolute Gasteiger partial charge is 0.358 e. The van der Waals surface area contributed by atoms with Crippen molar-refractivity contribution in [2.75, 3.05) is 0 Å². The Bertz CT molecular complexity index is 2200. The summed E-state index contributed by atoms with van der Waals surface area (Å²) in [7, 11) is 0. The van der Waals surface area contributed by atoms with Gasteiger partial charge in [-0.05, 0) is 61.6 Å². The molecule has 0 aliphatic rings. The van der Waals surface area contributed by atoms with Crippen LogP contribution in [0, 0.1) is 39.2 Å². The van der Waals surface area contributed by atoms with Gasteiger partial charge >= 0.3 is 20.1 Å². The van der Waals surface area contributed by atoms with E-state index in [0.29, 0.717) is 6.04 Å². The maximum absolute atomic E-state index is 4.41. The molecule has 43 heavy (non-hydrogen) atoms. The number of nitrogens with zero attached hydrogens (tertiary/aromatic N) is 4. The molecule has 4 heterocycles. The number of aromatic nitrogens is 4. The largest absolute Gasteiger partial charge is 3.00 e. The van der Waals surface area contributed by atoms with E-state index >= 15 is 0 Å². The number of fused-ring (bicyclic) bond motifs is 6. The number of rotatable bonds is 3. The molecule has 0 unspecified atom stereocenters. The monoisotopic (exact) mass is 737 g/mol. The van der Waals surface area contributed by atoms with Gasteiger partial charge in [-0.25, -0.2) is 0 Å². The van der Waals surface area contributed by atoms with Crippen LogP contribution in [0.2, 0.25) is 0 Å². The molecule has 0 atom stereocenters. The van der Waals surface area contributed by atoms with Gasteiger partial charge in [0.2, 0.25) is 6.33 Å². The molecule has 0 bridgehead atoms. The Labute approximate surface area is 265 Å². The van der Waals surface area contributed by atoms with Gasteiger partial charge in [-0.15, -0.1) is 59.0 Å². The van der Waals surface area contributed by atoms with Crippen molar-refractivity contribution in [1.82, 2.24) is 14.0 Å². The van der Waals surface area contributed by atoms with Gasteiger partial charge in [0, 0.05) is 35.0 Å². The minimum atomic E-state index is 0. The van der Waals surface area contributed by atoms with Crippen LogP contribution < -0.4 is 4.57 Å². The zero-order valence-corrected chi connectivity index (χ0v) is 27.3.